The van der Waals surface area contributed by atoms with Crippen molar-refractivity contribution in [3.05, 3.63) is 84.2 Å². The number of carbonyl (C=O) groups is 1. The van der Waals surface area contributed by atoms with Crippen LogP contribution in [0.15, 0.2) is 73.1 Å². The minimum absolute atomic E-state index is 0.0840. The predicted octanol–water partition coefficient (Wildman–Crippen LogP) is 4.17. The first-order valence-electron chi connectivity index (χ1n) is 9.03. The number of anilines is 3. The van der Waals surface area contributed by atoms with Crippen LogP contribution in [0.25, 0.3) is 0 Å². The average molecular weight is 373 g/mol. The molecular weight excluding hydrogens is 350 g/mol. The number of aromatic nitrogens is 1. The van der Waals surface area contributed by atoms with E-state index in [1.54, 1.807) is 48.8 Å². The number of pyridine rings is 1. The van der Waals surface area contributed by atoms with Crippen LogP contribution in [0.2, 0.25) is 0 Å². The van der Waals surface area contributed by atoms with Gasteiger partial charge in [0.05, 0.1) is 17.1 Å². The highest BCUT2D eigenvalue weighted by molar-refractivity contribution is 6.06. The van der Waals surface area contributed by atoms with E-state index >= 15 is 0 Å². The molecule has 0 aliphatic heterocycles. The Balaban J connectivity index is 1.59. The van der Waals surface area contributed by atoms with Crippen molar-refractivity contribution in [2.24, 2.45) is 0 Å². The number of nitrogens with zero attached hydrogens (tertiary/aromatic N) is 1. The molecule has 3 aromatic rings. The lowest BCUT2D eigenvalue weighted by molar-refractivity contribution is 0.102. The second kappa shape index (κ2) is 8.81. The van der Waals surface area contributed by atoms with Gasteiger partial charge in [-0.15, -0.1) is 0 Å². The highest BCUT2D eigenvalue weighted by Crippen LogP contribution is 2.18. The molecule has 3 rings (SSSR count). The second-order valence-electron chi connectivity index (χ2n) is 6.59. The summed E-state index contributed by atoms with van der Waals surface area (Å²) >= 11 is 0. The molecule has 6 heteroatoms. The van der Waals surface area contributed by atoms with E-state index in [2.05, 4.69) is 15.6 Å². The van der Waals surface area contributed by atoms with Crippen molar-refractivity contribution >= 4 is 28.7 Å². The largest absolute Gasteiger partial charge is 0.397 e. The molecule has 5 N–H and O–H groups in total. The van der Waals surface area contributed by atoms with E-state index in [-0.39, 0.29) is 11.9 Å². The third-order valence-corrected chi connectivity index (χ3v) is 4.29. The van der Waals surface area contributed by atoms with Crippen LogP contribution in [0, 0.1) is 5.41 Å². The maximum atomic E-state index is 12.4. The molecule has 1 amide bonds. The van der Waals surface area contributed by atoms with Crippen molar-refractivity contribution in [1.82, 2.24) is 4.98 Å². The van der Waals surface area contributed by atoms with Gasteiger partial charge in [0.25, 0.3) is 5.91 Å². The molecule has 1 aromatic heterocycles. The molecule has 0 spiro atoms. The number of amides is 1. The number of nitrogen functional groups attached to an aromatic ring is 1. The minimum Gasteiger partial charge on any atom is -0.397 e. The summed E-state index contributed by atoms with van der Waals surface area (Å²) in [6, 6.07) is 18.1. The lowest BCUT2D eigenvalue weighted by Gasteiger charge is -2.15. The van der Waals surface area contributed by atoms with Crippen LogP contribution in [0.5, 0.6) is 0 Å². The highest BCUT2D eigenvalue weighted by Gasteiger charge is 2.11. The van der Waals surface area contributed by atoms with E-state index in [0.29, 0.717) is 29.1 Å². The number of carbonyl (C=O) groups excluding carboxylic acids is 1. The number of nitrogens with two attached hydrogens (primary N) is 1. The molecule has 0 aliphatic rings. The number of hydrogen-bond acceptors (Lipinski definition) is 5. The third kappa shape index (κ3) is 4.94. The maximum Gasteiger partial charge on any atom is 0.255 e. The van der Waals surface area contributed by atoms with Crippen LogP contribution in [0.4, 0.5) is 17.1 Å². The summed E-state index contributed by atoms with van der Waals surface area (Å²) in [5, 5.41) is 14.5. The summed E-state index contributed by atoms with van der Waals surface area (Å²) in [5.41, 5.74) is 9.69. The van der Waals surface area contributed by atoms with Crippen molar-refractivity contribution < 1.29 is 4.79 Å². The van der Waals surface area contributed by atoms with Gasteiger partial charge < -0.3 is 21.8 Å². The first-order valence-corrected chi connectivity index (χ1v) is 9.03. The van der Waals surface area contributed by atoms with Gasteiger partial charge in [0.2, 0.25) is 0 Å². The van der Waals surface area contributed by atoms with Crippen LogP contribution in [0.1, 0.15) is 29.3 Å². The fraction of sp³-hybridized carbons (Fsp3) is 0.136. The summed E-state index contributed by atoms with van der Waals surface area (Å²) in [4.78, 5) is 16.5. The molecule has 28 heavy (non-hydrogen) atoms. The monoisotopic (exact) mass is 373 g/mol. The molecule has 0 saturated carbocycles. The quantitative estimate of drug-likeness (QED) is 0.368. The van der Waals surface area contributed by atoms with Gasteiger partial charge in [0, 0.05) is 36.1 Å². The molecule has 0 bridgehead atoms. The topological polar surface area (TPSA) is 104 Å². The molecule has 1 unspecified atom stereocenters. The summed E-state index contributed by atoms with van der Waals surface area (Å²) < 4.78 is 0. The Bertz CT molecular complexity index is 954. The van der Waals surface area contributed by atoms with E-state index in [1.165, 1.54) is 0 Å². The summed E-state index contributed by atoms with van der Waals surface area (Å²) in [6.45, 7) is 2.02. The normalized spacial score (nSPS) is 11.5. The number of para-hydroxylation sites is 2. The van der Waals surface area contributed by atoms with Crippen molar-refractivity contribution in [1.29, 1.82) is 5.41 Å². The van der Waals surface area contributed by atoms with Crippen molar-refractivity contribution in [2.75, 3.05) is 16.4 Å². The van der Waals surface area contributed by atoms with Gasteiger partial charge >= 0.3 is 0 Å². The zero-order valence-electron chi connectivity index (χ0n) is 15.6. The smallest absolute Gasteiger partial charge is 0.255 e. The molecule has 1 atom stereocenters. The van der Waals surface area contributed by atoms with Gasteiger partial charge in [-0.05, 0) is 48.9 Å². The first kappa shape index (κ1) is 19.1. The second-order valence-corrected chi connectivity index (χ2v) is 6.59. The maximum absolute atomic E-state index is 12.4. The Morgan fingerprint density at radius 2 is 1.79 bits per heavy atom. The number of nitrogens with one attached hydrogen (secondary N) is 3. The predicted molar refractivity (Wildman–Crippen MR) is 114 cm³/mol. The van der Waals surface area contributed by atoms with Crippen LogP contribution in [-0.2, 0) is 0 Å². The number of benzene rings is 2. The Morgan fingerprint density at radius 3 is 2.46 bits per heavy atom. The van der Waals surface area contributed by atoms with Crippen LogP contribution >= 0.6 is 0 Å². The molecule has 2 aromatic carbocycles. The molecule has 0 aliphatic carbocycles. The Labute approximate surface area is 164 Å². The van der Waals surface area contributed by atoms with Crippen LogP contribution < -0.4 is 16.4 Å². The van der Waals surface area contributed by atoms with E-state index in [1.807, 2.05) is 31.2 Å². The van der Waals surface area contributed by atoms with Gasteiger partial charge in [-0.3, -0.25) is 9.78 Å². The van der Waals surface area contributed by atoms with Crippen molar-refractivity contribution in [3.63, 3.8) is 0 Å². The van der Waals surface area contributed by atoms with Gasteiger partial charge in [-0.2, -0.15) is 0 Å². The number of rotatable bonds is 7. The Hall–Kier alpha value is -3.67. The van der Waals surface area contributed by atoms with Crippen molar-refractivity contribution in [3.8, 4) is 0 Å². The SMILES string of the molecule is CC(CC(=N)c1ccc(C(=O)Nc2ccccc2N)cc1)Nc1cccnc1. The molecule has 0 saturated heterocycles. The lowest BCUT2D eigenvalue weighted by Crippen LogP contribution is -2.20. The first-order chi connectivity index (χ1) is 13.5. The van der Waals surface area contributed by atoms with E-state index in [9.17, 15) is 4.79 Å². The highest BCUT2D eigenvalue weighted by atomic mass is 16.1. The number of hydrogen-bond donors (Lipinski definition) is 4. The molecular formula is C22H23N5O. The third-order valence-electron chi connectivity index (χ3n) is 4.29. The molecule has 6 nitrogen and oxygen atoms in total. The summed E-state index contributed by atoms with van der Waals surface area (Å²) in [7, 11) is 0. The van der Waals surface area contributed by atoms with Crippen molar-refractivity contribution in [2.45, 2.75) is 19.4 Å². The average Bonchev–Trinajstić information content (AvgIpc) is 2.70. The Morgan fingerprint density at radius 1 is 1.07 bits per heavy atom. The zero-order chi connectivity index (χ0) is 19.9. The summed E-state index contributed by atoms with van der Waals surface area (Å²) in [5.74, 6) is -0.234. The summed E-state index contributed by atoms with van der Waals surface area (Å²) in [6.07, 6.45) is 4.04. The fourth-order valence-corrected chi connectivity index (χ4v) is 2.84. The molecule has 1 heterocycles. The van der Waals surface area contributed by atoms with Gasteiger partial charge in [0.15, 0.2) is 0 Å². The molecule has 0 fully saturated rings. The minimum atomic E-state index is -0.234. The standard InChI is InChI=1S/C22H23N5O/c1-15(26-18-5-4-12-25-14-18)13-20(24)16-8-10-17(11-9-16)22(28)27-21-7-3-2-6-19(21)23/h2-12,14-15,24,26H,13,23H2,1H3,(H,27,28). The van der Waals surface area contributed by atoms with E-state index in [0.717, 1.165) is 11.3 Å². The van der Waals surface area contributed by atoms with E-state index in [4.69, 9.17) is 11.1 Å². The van der Waals surface area contributed by atoms with Gasteiger partial charge in [0.1, 0.15) is 0 Å². The lowest BCUT2D eigenvalue weighted by atomic mass is 10.0. The van der Waals surface area contributed by atoms with Crippen LogP contribution in [-0.4, -0.2) is 22.6 Å². The molecule has 0 radical (unpaired) electrons. The Kier molecular flexibility index (Phi) is 6.01. The fourth-order valence-electron chi connectivity index (χ4n) is 2.84. The molecule has 142 valence electrons. The zero-order valence-corrected chi connectivity index (χ0v) is 15.6. The van der Waals surface area contributed by atoms with Crippen LogP contribution in [0.3, 0.4) is 0 Å². The van der Waals surface area contributed by atoms with E-state index < -0.39 is 0 Å². The van der Waals surface area contributed by atoms with Gasteiger partial charge in [-0.25, -0.2) is 0 Å². The van der Waals surface area contributed by atoms with Gasteiger partial charge in [-0.1, -0.05) is 24.3 Å².